The molecule has 0 spiro atoms. The molecule has 0 bridgehead atoms. The first kappa shape index (κ1) is 17.1. The van der Waals surface area contributed by atoms with Gasteiger partial charge in [0.1, 0.15) is 11.5 Å². The minimum Gasteiger partial charge on any atom is -0.497 e. The minimum atomic E-state index is -0.180. The summed E-state index contributed by atoms with van der Waals surface area (Å²) in [6.45, 7) is 1.87. The summed E-state index contributed by atoms with van der Waals surface area (Å²) < 4.78 is 11.0. The summed E-state index contributed by atoms with van der Waals surface area (Å²) in [5.41, 5.74) is 2.88. The molecule has 2 aromatic carbocycles. The van der Waals surface area contributed by atoms with Crippen LogP contribution in [0.15, 0.2) is 53.6 Å². The highest BCUT2D eigenvalue weighted by Gasteiger charge is 2.16. The Bertz CT molecular complexity index is 936. The summed E-state index contributed by atoms with van der Waals surface area (Å²) in [6, 6.07) is 18.1. The number of nitrogens with zero attached hydrogens (tertiary/aromatic N) is 2. The fourth-order valence-corrected chi connectivity index (χ4v) is 3.43. The molecule has 0 N–H and O–H groups in total. The number of aromatic nitrogens is 1. The number of pyridine rings is 1. The summed E-state index contributed by atoms with van der Waals surface area (Å²) in [6.07, 6.45) is 0. The number of hydrogen-bond donors (Lipinski definition) is 0. The van der Waals surface area contributed by atoms with E-state index in [2.05, 4.69) is 18.2 Å². The Morgan fingerprint density at radius 1 is 1.08 bits per heavy atom. The summed E-state index contributed by atoms with van der Waals surface area (Å²) >= 11 is 1.44. The lowest BCUT2D eigenvalue weighted by molar-refractivity contribution is 0.398. The number of fused-ring (bicyclic) bond motifs is 1. The van der Waals surface area contributed by atoms with Crippen molar-refractivity contribution >= 4 is 22.7 Å². The van der Waals surface area contributed by atoms with E-state index in [-0.39, 0.29) is 5.25 Å². The van der Waals surface area contributed by atoms with E-state index in [1.165, 1.54) is 11.8 Å². The third kappa shape index (κ3) is 3.54. The van der Waals surface area contributed by atoms with Crippen LogP contribution in [-0.4, -0.2) is 24.5 Å². The second kappa shape index (κ2) is 7.45. The summed E-state index contributed by atoms with van der Waals surface area (Å²) in [5, 5.41) is 10.7. The van der Waals surface area contributed by atoms with E-state index < -0.39 is 0 Å². The van der Waals surface area contributed by atoms with Gasteiger partial charge >= 0.3 is 0 Å². The van der Waals surface area contributed by atoms with Crippen molar-refractivity contribution in [2.75, 3.05) is 14.2 Å². The van der Waals surface area contributed by atoms with Crippen molar-refractivity contribution in [3.05, 3.63) is 48.5 Å². The van der Waals surface area contributed by atoms with Crippen molar-refractivity contribution in [3.63, 3.8) is 0 Å². The van der Waals surface area contributed by atoms with Gasteiger partial charge < -0.3 is 9.47 Å². The molecule has 0 amide bonds. The first-order valence-electron chi connectivity index (χ1n) is 7.84. The molecule has 25 heavy (non-hydrogen) atoms. The number of ether oxygens (including phenoxy) is 2. The molecular formula is C20H18N2O2S. The van der Waals surface area contributed by atoms with Gasteiger partial charge in [0.05, 0.1) is 41.5 Å². The first-order valence-corrected chi connectivity index (χ1v) is 8.72. The Kier molecular flexibility index (Phi) is 5.11. The van der Waals surface area contributed by atoms with Crippen molar-refractivity contribution < 1.29 is 9.47 Å². The second-order valence-electron chi connectivity index (χ2n) is 5.49. The standard InChI is InChI=1S/C20H18N2O2S/c1-13(12-21)25-19-11-16(14-7-5-4-6-8-14)20-17(22-19)9-15(23-2)10-18(20)24-3/h4-11,13H,1-3H3/t13-/m0/s1. The van der Waals surface area contributed by atoms with Gasteiger partial charge in [-0.05, 0) is 24.1 Å². The fraction of sp³-hybridized carbons (Fsp3) is 0.200. The van der Waals surface area contributed by atoms with E-state index in [0.717, 1.165) is 27.1 Å². The molecule has 0 fully saturated rings. The summed E-state index contributed by atoms with van der Waals surface area (Å²) in [7, 11) is 3.26. The van der Waals surface area contributed by atoms with Crippen molar-refractivity contribution in [1.29, 1.82) is 5.26 Å². The Hall–Kier alpha value is -2.71. The van der Waals surface area contributed by atoms with Crippen LogP contribution in [0.5, 0.6) is 11.5 Å². The number of hydrogen-bond acceptors (Lipinski definition) is 5. The van der Waals surface area contributed by atoms with Gasteiger partial charge in [-0.25, -0.2) is 4.98 Å². The molecule has 0 aliphatic heterocycles. The highest BCUT2D eigenvalue weighted by molar-refractivity contribution is 8.00. The minimum absolute atomic E-state index is 0.180. The predicted molar refractivity (Wildman–Crippen MR) is 101 cm³/mol. The van der Waals surface area contributed by atoms with E-state index in [0.29, 0.717) is 11.5 Å². The molecule has 0 aliphatic rings. The maximum Gasteiger partial charge on any atom is 0.132 e. The molecule has 3 rings (SSSR count). The molecule has 0 saturated heterocycles. The molecule has 0 radical (unpaired) electrons. The van der Waals surface area contributed by atoms with Crippen LogP contribution < -0.4 is 9.47 Å². The zero-order chi connectivity index (χ0) is 17.8. The van der Waals surface area contributed by atoms with E-state index in [9.17, 15) is 0 Å². The molecule has 1 heterocycles. The van der Waals surface area contributed by atoms with Gasteiger partial charge in [0.2, 0.25) is 0 Å². The van der Waals surface area contributed by atoms with Gasteiger partial charge in [0.25, 0.3) is 0 Å². The SMILES string of the molecule is COc1cc(OC)c2c(-c3ccccc3)cc(S[C@@H](C)C#N)nc2c1. The maximum atomic E-state index is 9.12. The molecule has 4 nitrogen and oxygen atoms in total. The Morgan fingerprint density at radius 3 is 2.48 bits per heavy atom. The van der Waals surface area contributed by atoms with Gasteiger partial charge in [-0.15, -0.1) is 0 Å². The van der Waals surface area contributed by atoms with Crippen LogP contribution in [0.4, 0.5) is 0 Å². The molecule has 3 aromatic rings. The highest BCUT2D eigenvalue weighted by Crippen LogP contribution is 2.39. The Morgan fingerprint density at radius 2 is 1.84 bits per heavy atom. The van der Waals surface area contributed by atoms with Gasteiger partial charge in [0.15, 0.2) is 0 Å². The molecule has 0 unspecified atom stereocenters. The number of benzene rings is 2. The van der Waals surface area contributed by atoms with Crippen molar-refractivity contribution in [1.82, 2.24) is 4.98 Å². The van der Waals surface area contributed by atoms with Gasteiger partial charge in [0, 0.05) is 12.1 Å². The number of rotatable bonds is 5. The van der Waals surface area contributed by atoms with Gasteiger partial charge in [-0.1, -0.05) is 42.1 Å². The van der Waals surface area contributed by atoms with Crippen LogP contribution in [-0.2, 0) is 0 Å². The molecule has 0 saturated carbocycles. The van der Waals surface area contributed by atoms with Crippen LogP contribution in [0.3, 0.4) is 0 Å². The quantitative estimate of drug-likeness (QED) is 0.611. The number of methoxy groups -OCH3 is 2. The third-order valence-corrected chi connectivity index (χ3v) is 4.75. The molecular weight excluding hydrogens is 332 g/mol. The molecule has 1 atom stereocenters. The molecule has 126 valence electrons. The molecule has 1 aromatic heterocycles. The van der Waals surface area contributed by atoms with Gasteiger partial charge in [-0.3, -0.25) is 0 Å². The first-order chi connectivity index (χ1) is 12.2. The normalized spacial score (nSPS) is 11.8. The zero-order valence-electron chi connectivity index (χ0n) is 14.3. The van der Waals surface area contributed by atoms with E-state index in [1.807, 2.05) is 43.3 Å². The molecule has 0 aliphatic carbocycles. The Labute approximate surface area is 151 Å². The number of thioether (sulfide) groups is 1. The summed E-state index contributed by atoms with van der Waals surface area (Å²) in [4.78, 5) is 4.72. The maximum absolute atomic E-state index is 9.12. The van der Waals surface area contributed by atoms with Crippen LogP contribution in [0.1, 0.15) is 6.92 Å². The molecule has 5 heteroatoms. The zero-order valence-corrected chi connectivity index (χ0v) is 15.1. The lowest BCUT2D eigenvalue weighted by Crippen LogP contribution is -1.96. The van der Waals surface area contributed by atoms with Crippen LogP contribution in [0, 0.1) is 11.3 Å². The van der Waals surface area contributed by atoms with Crippen molar-refractivity contribution in [2.45, 2.75) is 17.2 Å². The predicted octanol–water partition coefficient (Wildman–Crippen LogP) is 4.92. The van der Waals surface area contributed by atoms with E-state index >= 15 is 0 Å². The van der Waals surface area contributed by atoms with Crippen LogP contribution >= 0.6 is 11.8 Å². The monoisotopic (exact) mass is 350 g/mol. The van der Waals surface area contributed by atoms with E-state index in [4.69, 9.17) is 19.7 Å². The smallest absolute Gasteiger partial charge is 0.132 e. The largest absolute Gasteiger partial charge is 0.497 e. The van der Waals surface area contributed by atoms with Gasteiger partial charge in [-0.2, -0.15) is 5.26 Å². The average molecular weight is 350 g/mol. The second-order valence-corrected chi connectivity index (χ2v) is 6.85. The average Bonchev–Trinajstić information content (AvgIpc) is 2.66. The van der Waals surface area contributed by atoms with E-state index in [1.54, 1.807) is 14.2 Å². The lowest BCUT2D eigenvalue weighted by atomic mass is 10.0. The van der Waals surface area contributed by atoms with Crippen molar-refractivity contribution in [2.24, 2.45) is 0 Å². The lowest BCUT2D eigenvalue weighted by Gasteiger charge is -2.14. The van der Waals surface area contributed by atoms with Crippen LogP contribution in [0.2, 0.25) is 0 Å². The fourth-order valence-electron chi connectivity index (χ4n) is 2.67. The summed E-state index contributed by atoms with van der Waals surface area (Å²) in [5.74, 6) is 1.40. The highest BCUT2D eigenvalue weighted by atomic mass is 32.2. The Balaban J connectivity index is 2.31. The number of nitriles is 1. The topological polar surface area (TPSA) is 55.1 Å². The third-order valence-electron chi connectivity index (χ3n) is 3.84. The van der Waals surface area contributed by atoms with Crippen molar-refractivity contribution in [3.8, 4) is 28.7 Å². The van der Waals surface area contributed by atoms with Crippen LogP contribution in [0.25, 0.3) is 22.0 Å².